The summed E-state index contributed by atoms with van der Waals surface area (Å²) in [4.78, 5) is 34.8. The van der Waals surface area contributed by atoms with Gasteiger partial charge in [-0.25, -0.2) is 9.78 Å². The van der Waals surface area contributed by atoms with E-state index in [1.54, 1.807) is 0 Å². The third-order valence-electron chi connectivity index (χ3n) is 3.96. The Kier molecular flexibility index (Phi) is 6.43. The molecule has 0 aliphatic heterocycles. The molecule has 2 aromatic rings. The lowest BCUT2D eigenvalue weighted by molar-refractivity contribution is 0.562. The highest BCUT2D eigenvalue weighted by Crippen LogP contribution is 2.11. The van der Waals surface area contributed by atoms with E-state index in [4.69, 9.17) is 0 Å². The van der Waals surface area contributed by atoms with Gasteiger partial charge in [-0.3, -0.25) is 14.8 Å². The summed E-state index contributed by atoms with van der Waals surface area (Å²) in [6.07, 6.45) is 12.3. The maximum atomic E-state index is 11.6. The molecule has 122 valence electrons. The molecule has 0 saturated heterocycles. The van der Waals surface area contributed by atoms with E-state index in [1.165, 1.54) is 51.4 Å². The van der Waals surface area contributed by atoms with E-state index in [2.05, 4.69) is 26.9 Å². The highest BCUT2D eigenvalue weighted by atomic mass is 16.2. The van der Waals surface area contributed by atoms with Crippen molar-refractivity contribution in [2.24, 2.45) is 0 Å². The summed E-state index contributed by atoms with van der Waals surface area (Å²) in [5, 5.41) is 0. The molecule has 2 heterocycles. The number of hydrogen-bond acceptors (Lipinski definition) is 3. The Balaban J connectivity index is 1.68. The first-order valence-electron chi connectivity index (χ1n) is 8.42. The lowest BCUT2D eigenvalue weighted by Gasteiger charge is -2.01. The van der Waals surface area contributed by atoms with Crippen molar-refractivity contribution >= 4 is 11.2 Å². The molecule has 0 saturated carbocycles. The second-order valence-electron chi connectivity index (χ2n) is 5.89. The number of nitrogens with zero attached hydrogens (tertiary/aromatic N) is 1. The molecular formula is C16H26N4O2. The largest absolute Gasteiger partial charge is 0.336 e. The highest BCUT2D eigenvalue weighted by molar-refractivity contribution is 5.68. The number of hydrogen-bond donors (Lipinski definition) is 3. The van der Waals surface area contributed by atoms with E-state index >= 15 is 0 Å². The van der Waals surface area contributed by atoms with Crippen LogP contribution in [0.5, 0.6) is 0 Å². The standard InChI is InChI=1S/C16H26N4O2/c1-2-3-4-5-6-7-8-9-10-11-12-17-13-14(18-12)19-16(22)20-15(13)21/h2-11H2,1H3,(H3,17,18,19,20,21,22). The fourth-order valence-corrected chi connectivity index (χ4v) is 2.70. The molecule has 22 heavy (non-hydrogen) atoms. The summed E-state index contributed by atoms with van der Waals surface area (Å²) in [6, 6.07) is 0. The number of nitrogens with one attached hydrogen (secondary N) is 3. The zero-order valence-corrected chi connectivity index (χ0v) is 13.3. The van der Waals surface area contributed by atoms with Gasteiger partial charge in [0, 0.05) is 6.42 Å². The van der Waals surface area contributed by atoms with E-state index < -0.39 is 11.2 Å². The number of rotatable bonds is 10. The monoisotopic (exact) mass is 306 g/mol. The van der Waals surface area contributed by atoms with Crippen LogP contribution >= 0.6 is 0 Å². The van der Waals surface area contributed by atoms with Crippen LogP contribution in [0.15, 0.2) is 9.59 Å². The van der Waals surface area contributed by atoms with Crippen molar-refractivity contribution in [2.45, 2.75) is 71.1 Å². The van der Waals surface area contributed by atoms with Crippen LogP contribution < -0.4 is 11.2 Å². The van der Waals surface area contributed by atoms with Gasteiger partial charge in [0.15, 0.2) is 5.65 Å². The number of fused-ring (bicyclic) bond motifs is 1. The number of aromatic nitrogens is 4. The van der Waals surface area contributed by atoms with Crippen LogP contribution in [0.1, 0.15) is 70.5 Å². The Morgan fingerprint density at radius 2 is 1.45 bits per heavy atom. The topological polar surface area (TPSA) is 94.4 Å². The fraction of sp³-hybridized carbons (Fsp3) is 0.688. The van der Waals surface area contributed by atoms with Crippen LogP contribution in [0, 0.1) is 0 Å². The zero-order valence-electron chi connectivity index (χ0n) is 13.3. The molecule has 0 bridgehead atoms. The van der Waals surface area contributed by atoms with Gasteiger partial charge in [0.05, 0.1) is 0 Å². The van der Waals surface area contributed by atoms with Gasteiger partial charge in [-0.2, -0.15) is 0 Å². The molecule has 0 aliphatic rings. The van der Waals surface area contributed by atoms with Gasteiger partial charge in [0.1, 0.15) is 11.3 Å². The molecular weight excluding hydrogens is 280 g/mol. The van der Waals surface area contributed by atoms with E-state index in [-0.39, 0.29) is 0 Å². The number of unbranched alkanes of at least 4 members (excludes halogenated alkanes) is 8. The van der Waals surface area contributed by atoms with Crippen molar-refractivity contribution in [1.82, 2.24) is 19.9 Å². The van der Waals surface area contributed by atoms with Gasteiger partial charge in [0.2, 0.25) is 0 Å². The minimum Gasteiger partial charge on any atom is -0.336 e. The van der Waals surface area contributed by atoms with Crippen LogP contribution in [0.3, 0.4) is 0 Å². The summed E-state index contributed by atoms with van der Waals surface area (Å²) in [7, 11) is 0. The van der Waals surface area contributed by atoms with Crippen molar-refractivity contribution in [3.63, 3.8) is 0 Å². The molecule has 0 aliphatic carbocycles. The van der Waals surface area contributed by atoms with Crippen LogP contribution in [0.2, 0.25) is 0 Å². The van der Waals surface area contributed by atoms with E-state index in [0.717, 1.165) is 18.7 Å². The number of H-pyrrole nitrogens is 3. The Bertz CT molecular complexity index is 683. The molecule has 0 amide bonds. The van der Waals surface area contributed by atoms with Crippen LogP contribution in [0.25, 0.3) is 11.2 Å². The molecule has 0 spiro atoms. The molecule has 2 rings (SSSR count). The smallest absolute Gasteiger partial charge is 0.327 e. The molecule has 2 aromatic heterocycles. The van der Waals surface area contributed by atoms with Crippen LogP contribution in [-0.2, 0) is 6.42 Å². The minimum atomic E-state index is -0.515. The average molecular weight is 306 g/mol. The fourth-order valence-electron chi connectivity index (χ4n) is 2.70. The van der Waals surface area contributed by atoms with Crippen molar-refractivity contribution < 1.29 is 0 Å². The Labute approximate surface area is 129 Å². The second-order valence-corrected chi connectivity index (χ2v) is 5.89. The highest BCUT2D eigenvalue weighted by Gasteiger charge is 2.07. The van der Waals surface area contributed by atoms with Gasteiger partial charge < -0.3 is 4.98 Å². The Morgan fingerprint density at radius 3 is 2.14 bits per heavy atom. The molecule has 6 nitrogen and oxygen atoms in total. The third kappa shape index (κ3) is 4.86. The van der Waals surface area contributed by atoms with Crippen molar-refractivity contribution in [3.8, 4) is 0 Å². The number of aryl methyl sites for hydroxylation is 1. The van der Waals surface area contributed by atoms with Crippen molar-refractivity contribution in [2.75, 3.05) is 0 Å². The first-order chi connectivity index (χ1) is 10.7. The summed E-state index contributed by atoms with van der Waals surface area (Å²) in [5.74, 6) is 0.769. The molecule has 0 unspecified atom stereocenters. The van der Waals surface area contributed by atoms with Crippen molar-refractivity contribution in [1.29, 1.82) is 0 Å². The summed E-state index contributed by atoms with van der Waals surface area (Å²) in [5.41, 5.74) is -0.228. The average Bonchev–Trinajstić information content (AvgIpc) is 2.88. The quantitative estimate of drug-likeness (QED) is 0.589. The maximum Gasteiger partial charge on any atom is 0.327 e. The summed E-state index contributed by atoms with van der Waals surface area (Å²) < 4.78 is 0. The lowest BCUT2D eigenvalue weighted by atomic mass is 10.1. The molecule has 6 heteroatoms. The predicted molar refractivity (Wildman–Crippen MR) is 88.3 cm³/mol. The van der Waals surface area contributed by atoms with Crippen LogP contribution in [0.4, 0.5) is 0 Å². The molecule has 0 aromatic carbocycles. The zero-order chi connectivity index (χ0) is 15.8. The Hall–Kier alpha value is -1.85. The molecule has 3 N–H and O–H groups in total. The van der Waals surface area contributed by atoms with Gasteiger partial charge >= 0.3 is 5.69 Å². The molecule has 0 fully saturated rings. The Morgan fingerprint density at radius 1 is 0.818 bits per heavy atom. The van der Waals surface area contributed by atoms with Gasteiger partial charge in [0.25, 0.3) is 5.56 Å². The van der Waals surface area contributed by atoms with Gasteiger partial charge in [-0.15, -0.1) is 0 Å². The lowest BCUT2D eigenvalue weighted by Crippen LogP contribution is -2.21. The number of aromatic amines is 3. The summed E-state index contributed by atoms with van der Waals surface area (Å²) >= 11 is 0. The first kappa shape index (κ1) is 16.5. The predicted octanol–water partition coefficient (Wildman–Crippen LogP) is 3.01. The van der Waals surface area contributed by atoms with E-state index in [1.807, 2.05) is 0 Å². The molecule has 0 atom stereocenters. The SMILES string of the molecule is CCCCCCCCCCCc1nc2[nH]c(=O)[nH]c(=O)c2[nH]1. The normalized spacial score (nSPS) is 11.3. The van der Waals surface area contributed by atoms with Crippen molar-refractivity contribution in [3.05, 3.63) is 26.7 Å². The van der Waals surface area contributed by atoms with Gasteiger partial charge in [-0.05, 0) is 6.42 Å². The maximum absolute atomic E-state index is 11.6. The summed E-state index contributed by atoms with van der Waals surface area (Å²) in [6.45, 7) is 2.24. The van der Waals surface area contributed by atoms with E-state index in [9.17, 15) is 9.59 Å². The second kappa shape index (κ2) is 8.56. The van der Waals surface area contributed by atoms with Gasteiger partial charge in [-0.1, -0.05) is 58.3 Å². The number of imidazole rings is 1. The minimum absolute atomic E-state index is 0.347. The third-order valence-corrected chi connectivity index (χ3v) is 3.96. The van der Waals surface area contributed by atoms with Crippen LogP contribution in [-0.4, -0.2) is 19.9 Å². The molecule has 0 radical (unpaired) electrons. The first-order valence-corrected chi connectivity index (χ1v) is 8.42. The van der Waals surface area contributed by atoms with E-state index in [0.29, 0.717) is 11.2 Å².